The summed E-state index contributed by atoms with van der Waals surface area (Å²) in [4.78, 5) is 23.6. The number of alkyl halides is 3. The molecule has 2 aromatic heterocycles. The second-order valence-corrected chi connectivity index (χ2v) is 6.80. The molecule has 0 aliphatic carbocycles. The Labute approximate surface area is 180 Å². The van der Waals surface area contributed by atoms with E-state index in [1.54, 1.807) is 30.5 Å². The van der Waals surface area contributed by atoms with E-state index in [4.69, 9.17) is 4.74 Å². The number of carbonyl (C=O) groups excluding carboxylic acids is 1. The molecular weight excluding hydrogens is 427 g/mol. The SMILES string of the molecule is COC(NC(=O)c1ccccc1)(OCn1cnc2cc(-c3cnc[nH]3)ccc21)C(F)(F)F. The van der Waals surface area contributed by atoms with Crippen molar-refractivity contribution in [2.45, 2.75) is 18.8 Å². The van der Waals surface area contributed by atoms with Gasteiger partial charge in [0.15, 0.2) is 0 Å². The first kappa shape index (κ1) is 21.5. The second-order valence-electron chi connectivity index (χ2n) is 6.80. The Kier molecular flexibility index (Phi) is 5.68. The van der Waals surface area contributed by atoms with E-state index in [0.29, 0.717) is 11.0 Å². The van der Waals surface area contributed by atoms with Gasteiger partial charge in [0, 0.05) is 18.2 Å². The molecule has 1 unspecified atom stereocenters. The summed E-state index contributed by atoms with van der Waals surface area (Å²) < 4.78 is 52.9. The number of amides is 1. The number of nitrogens with zero attached hydrogens (tertiary/aromatic N) is 3. The first-order valence-electron chi connectivity index (χ1n) is 9.40. The topological polar surface area (TPSA) is 94.1 Å². The van der Waals surface area contributed by atoms with Gasteiger partial charge in [-0.15, -0.1) is 0 Å². The number of hydrogen-bond acceptors (Lipinski definition) is 5. The van der Waals surface area contributed by atoms with E-state index in [9.17, 15) is 18.0 Å². The van der Waals surface area contributed by atoms with Crippen LogP contribution in [0, 0.1) is 0 Å². The average molecular weight is 445 g/mol. The number of methoxy groups -OCH3 is 1. The number of fused-ring (bicyclic) bond motifs is 1. The molecule has 0 radical (unpaired) electrons. The normalized spacial score (nSPS) is 13.8. The highest BCUT2D eigenvalue weighted by atomic mass is 19.4. The highest BCUT2D eigenvalue weighted by Crippen LogP contribution is 2.33. The molecule has 2 heterocycles. The van der Waals surface area contributed by atoms with Crippen molar-refractivity contribution in [1.82, 2.24) is 24.8 Å². The first-order valence-corrected chi connectivity index (χ1v) is 9.40. The molecule has 166 valence electrons. The monoisotopic (exact) mass is 445 g/mol. The molecule has 0 fully saturated rings. The molecular formula is C21H18F3N5O3. The van der Waals surface area contributed by atoms with Gasteiger partial charge in [-0.05, 0) is 24.3 Å². The van der Waals surface area contributed by atoms with Crippen molar-refractivity contribution in [2.75, 3.05) is 7.11 Å². The minimum atomic E-state index is -5.06. The highest BCUT2D eigenvalue weighted by Gasteiger charge is 2.59. The average Bonchev–Trinajstić information content (AvgIpc) is 3.46. The van der Waals surface area contributed by atoms with Crippen molar-refractivity contribution in [3.63, 3.8) is 0 Å². The van der Waals surface area contributed by atoms with Gasteiger partial charge < -0.3 is 19.0 Å². The van der Waals surface area contributed by atoms with Crippen molar-refractivity contribution in [3.05, 3.63) is 72.9 Å². The standard InChI is InChI=1S/C21H18F3N5O3/c1-31-21(20(22,23)24,28-19(30)14-5-3-2-4-6-14)32-13-29-12-27-16-9-15(7-8-18(16)29)17-10-25-11-26-17/h2-12H,13H2,1H3,(H,25,26)(H,28,30). The van der Waals surface area contributed by atoms with Crippen LogP contribution in [0.1, 0.15) is 10.4 Å². The Hall–Kier alpha value is -3.70. The molecule has 0 bridgehead atoms. The summed E-state index contributed by atoms with van der Waals surface area (Å²) in [7, 11) is 0.807. The Bertz CT molecular complexity index is 1210. The summed E-state index contributed by atoms with van der Waals surface area (Å²) in [6.07, 6.45) is -0.530. The number of halogens is 3. The fourth-order valence-corrected chi connectivity index (χ4v) is 3.13. The molecule has 4 rings (SSSR count). The van der Waals surface area contributed by atoms with E-state index in [1.165, 1.54) is 41.5 Å². The Balaban J connectivity index is 1.58. The molecule has 0 aliphatic heterocycles. The largest absolute Gasteiger partial charge is 0.465 e. The number of hydrogen-bond donors (Lipinski definition) is 2. The molecule has 32 heavy (non-hydrogen) atoms. The molecule has 0 spiro atoms. The predicted molar refractivity (Wildman–Crippen MR) is 108 cm³/mol. The maximum absolute atomic E-state index is 13.9. The lowest BCUT2D eigenvalue weighted by molar-refractivity contribution is -0.390. The van der Waals surface area contributed by atoms with Gasteiger partial charge in [-0.1, -0.05) is 24.3 Å². The van der Waals surface area contributed by atoms with Gasteiger partial charge >= 0.3 is 12.1 Å². The Morgan fingerprint density at radius 3 is 2.62 bits per heavy atom. The van der Waals surface area contributed by atoms with Crippen LogP contribution in [-0.4, -0.2) is 44.6 Å². The quantitative estimate of drug-likeness (QED) is 0.423. The van der Waals surface area contributed by atoms with E-state index in [0.717, 1.165) is 18.4 Å². The molecule has 0 saturated carbocycles. The number of nitrogens with one attached hydrogen (secondary N) is 2. The van der Waals surface area contributed by atoms with Crippen molar-refractivity contribution in [2.24, 2.45) is 0 Å². The number of aromatic nitrogens is 4. The zero-order valence-electron chi connectivity index (χ0n) is 16.8. The van der Waals surface area contributed by atoms with Crippen LogP contribution in [0.4, 0.5) is 13.2 Å². The van der Waals surface area contributed by atoms with Crippen molar-refractivity contribution in [1.29, 1.82) is 0 Å². The summed E-state index contributed by atoms with van der Waals surface area (Å²) in [5.74, 6) is -4.35. The molecule has 2 N–H and O–H groups in total. The maximum atomic E-state index is 13.9. The van der Waals surface area contributed by atoms with Gasteiger partial charge in [0.1, 0.15) is 6.73 Å². The minimum absolute atomic E-state index is 0.0289. The van der Waals surface area contributed by atoms with Crippen LogP contribution < -0.4 is 5.32 Å². The van der Waals surface area contributed by atoms with Gasteiger partial charge in [0.05, 0.1) is 35.6 Å². The Morgan fingerprint density at radius 2 is 1.97 bits per heavy atom. The highest BCUT2D eigenvalue weighted by molar-refractivity contribution is 5.94. The van der Waals surface area contributed by atoms with Gasteiger partial charge in [0.25, 0.3) is 5.91 Å². The second kappa shape index (κ2) is 8.44. The van der Waals surface area contributed by atoms with Crippen LogP contribution in [0.2, 0.25) is 0 Å². The van der Waals surface area contributed by atoms with E-state index in [1.807, 2.05) is 5.32 Å². The van der Waals surface area contributed by atoms with Crippen molar-refractivity contribution in [3.8, 4) is 11.3 Å². The summed E-state index contributed by atoms with van der Waals surface area (Å²) in [5, 5.41) is 1.82. The van der Waals surface area contributed by atoms with Crippen LogP contribution in [0.15, 0.2) is 67.4 Å². The van der Waals surface area contributed by atoms with E-state index in [2.05, 4.69) is 19.7 Å². The number of imidazole rings is 2. The number of rotatable bonds is 7. The molecule has 2 aromatic carbocycles. The van der Waals surface area contributed by atoms with Gasteiger partial charge in [-0.2, -0.15) is 13.2 Å². The van der Waals surface area contributed by atoms with Gasteiger partial charge in [-0.3, -0.25) is 10.1 Å². The molecule has 0 aliphatic rings. The van der Waals surface area contributed by atoms with Crippen molar-refractivity contribution >= 4 is 16.9 Å². The van der Waals surface area contributed by atoms with Crippen LogP contribution in [0.5, 0.6) is 0 Å². The fraction of sp³-hybridized carbons (Fsp3) is 0.190. The zero-order valence-corrected chi connectivity index (χ0v) is 16.8. The fourth-order valence-electron chi connectivity index (χ4n) is 3.13. The third-order valence-electron chi connectivity index (χ3n) is 4.81. The predicted octanol–water partition coefficient (Wildman–Crippen LogP) is 3.69. The first-order chi connectivity index (χ1) is 15.3. The van der Waals surface area contributed by atoms with Crippen LogP contribution in [0.25, 0.3) is 22.3 Å². The number of H-pyrrole nitrogens is 1. The third-order valence-corrected chi connectivity index (χ3v) is 4.81. The van der Waals surface area contributed by atoms with E-state index in [-0.39, 0.29) is 5.56 Å². The van der Waals surface area contributed by atoms with E-state index >= 15 is 0 Å². The van der Waals surface area contributed by atoms with E-state index < -0.39 is 24.7 Å². The van der Waals surface area contributed by atoms with Crippen LogP contribution in [-0.2, 0) is 16.2 Å². The summed E-state index contributed by atoms with van der Waals surface area (Å²) >= 11 is 0. The molecule has 4 aromatic rings. The summed E-state index contributed by atoms with van der Waals surface area (Å²) in [6, 6.07) is 12.7. The number of aromatic amines is 1. The summed E-state index contributed by atoms with van der Waals surface area (Å²) in [5.41, 5.74) is 2.70. The Morgan fingerprint density at radius 1 is 1.19 bits per heavy atom. The molecule has 1 atom stereocenters. The van der Waals surface area contributed by atoms with Gasteiger partial charge in [-0.25, -0.2) is 9.97 Å². The zero-order chi connectivity index (χ0) is 22.8. The van der Waals surface area contributed by atoms with Crippen LogP contribution >= 0.6 is 0 Å². The minimum Gasteiger partial charge on any atom is -0.345 e. The number of carbonyl (C=O) groups is 1. The maximum Gasteiger partial charge on any atom is 0.465 e. The molecule has 1 amide bonds. The lowest BCUT2D eigenvalue weighted by atomic mass is 10.1. The van der Waals surface area contributed by atoms with Crippen LogP contribution in [0.3, 0.4) is 0 Å². The summed E-state index contributed by atoms with van der Waals surface area (Å²) in [6.45, 7) is -0.581. The molecule has 11 heteroatoms. The molecule has 8 nitrogen and oxygen atoms in total. The lowest BCUT2D eigenvalue weighted by Gasteiger charge is -2.34. The number of benzene rings is 2. The molecule has 0 saturated heterocycles. The lowest BCUT2D eigenvalue weighted by Crippen LogP contribution is -2.62. The van der Waals surface area contributed by atoms with Crippen molar-refractivity contribution < 1.29 is 27.4 Å². The third kappa shape index (κ3) is 4.07. The van der Waals surface area contributed by atoms with Gasteiger partial charge in [0.2, 0.25) is 0 Å². The smallest absolute Gasteiger partial charge is 0.345 e. The number of ether oxygens (including phenoxy) is 2.